The molecule has 0 bridgehead atoms. The van der Waals surface area contributed by atoms with Gasteiger partial charge in [0.1, 0.15) is 0 Å². The van der Waals surface area contributed by atoms with Crippen LogP contribution in [0.25, 0.3) is 11.3 Å². The van der Waals surface area contributed by atoms with Gasteiger partial charge in [0.2, 0.25) is 0 Å². The molecule has 0 aliphatic carbocycles. The zero-order valence-corrected chi connectivity index (χ0v) is 19.1. The number of aryl methyl sites for hydroxylation is 1. The molecule has 5 rings (SSSR count). The summed E-state index contributed by atoms with van der Waals surface area (Å²) in [4.78, 5) is 13.8. The molecule has 1 aromatic carbocycles. The summed E-state index contributed by atoms with van der Waals surface area (Å²) in [6.07, 6.45) is 8.64. The van der Waals surface area contributed by atoms with E-state index in [1.54, 1.807) is 12.4 Å². The molecule has 0 radical (unpaired) electrons. The zero-order valence-electron chi connectivity index (χ0n) is 19.1. The number of nitrogens with zero attached hydrogens (tertiary/aromatic N) is 6. The molecule has 0 unspecified atom stereocenters. The lowest BCUT2D eigenvalue weighted by Crippen LogP contribution is -2.31. The van der Waals surface area contributed by atoms with Crippen molar-refractivity contribution in [2.45, 2.75) is 38.8 Å². The third kappa shape index (κ3) is 4.20. The third-order valence-electron chi connectivity index (χ3n) is 6.67. The molecule has 1 saturated heterocycles. The Hall–Kier alpha value is -2.97. The van der Waals surface area contributed by atoms with Crippen LogP contribution < -0.4 is 10.5 Å². The Morgan fingerprint density at radius 3 is 2.69 bits per heavy atom. The number of nitrogen functional groups attached to an aromatic ring is 1. The number of ether oxygens (including phenoxy) is 1. The molecule has 2 N–H and O–H groups in total. The highest BCUT2D eigenvalue weighted by Gasteiger charge is 2.20. The van der Waals surface area contributed by atoms with Crippen LogP contribution in [-0.4, -0.2) is 63.3 Å². The molecule has 0 amide bonds. The van der Waals surface area contributed by atoms with Gasteiger partial charge in [-0.2, -0.15) is 5.10 Å². The first-order chi connectivity index (χ1) is 15.5. The number of piperidine rings is 1. The lowest BCUT2D eigenvalue weighted by Gasteiger charge is -2.28. The fourth-order valence-corrected chi connectivity index (χ4v) is 4.75. The summed E-state index contributed by atoms with van der Waals surface area (Å²) in [5, 5.41) is 4.52. The highest BCUT2D eigenvalue weighted by Crippen LogP contribution is 2.31. The Bertz CT molecular complexity index is 1120. The van der Waals surface area contributed by atoms with Crippen LogP contribution in [0.15, 0.2) is 30.7 Å². The van der Waals surface area contributed by atoms with Crippen LogP contribution in [0.2, 0.25) is 0 Å². The topological polar surface area (TPSA) is 85.3 Å². The molecule has 32 heavy (non-hydrogen) atoms. The van der Waals surface area contributed by atoms with Crippen LogP contribution in [0, 0.1) is 6.92 Å². The maximum absolute atomic E-state index is 6.10. The molecule has 0 atom stereocenters. The average Bonchev–Trinajstić information content (AvgIpc) is 3.24. The minimum Gasteiger partial charge on any atom is -0.433 e. The maximum atomic E-state index is 6.10. The lowest BCUT2D eigenvalue weighted by molar-refractivity contribution is 0.212. The maximum Gasteiger partial charge on any atom is 0.263 e. The highest BCUT2D eigenvalue weighted by molar-refractivity contribution is 5.64. The van der Waals surface area contributed by atoms with Crippen LogP contribution in [0.3, 0.4) is 0 Å². The van der Waals surface area contributed by atoms with Gasteiger partial charge in [-0.15, -0.1) is 0 Å². The smallest absolute Gasteiger partial charge is 0.263 e. The van der Waals surface area contributed by atoms with Crippen LogP contribution in [0.5, 0.6) is 11.6 Å². The second-order valence-corrected chi connectivity index (χ2v) is 9.16. The van der Waals surface area contributed by atoms with Gasteiger partial charge in [0.15, 0.2) is 11.6 Å². The minimum atomic E-state index is 0.273. The lowest BCUT2D eigenvalue weighted by atomic mass is 9.92. The van der Waals surface area contributed by atoms with E-state index in [1.807, 2.05) is 10.9 Å². The normalized spacial score (nSPS) is 18.0. The Morgan fingerprint density at radius 1 is 1.06 bits per heavy atom. The van der Waals surface area contributed by atoms with Gasteiger partial charge in [0.25, 0.3) is 5.88 Å². The molecule has 0 saturated carbocycles. The van der Waals surface area contributed by atoms with E-state index in [4.69, 9.17) is 15.5 Å². The van der Waals surface area contributed by atoms with Crippen molar-refractivity contribution >= 4 is 5.82 Å². The fraction of sp³-hybridized carbons (Fsp3) is 0.458. The zero-order chi connectivity index (χ0) is 22.2. The van der Waals surface area contributed by atoms with E-state index in [0.717, 1.165) is 56.7 Å². The number of likely N-dealkylation sites (N-methyl/N-ethyl adjacent to an activating group) is 1. The van der Waals surface area contributed by atoms with Crippen molar-refractivity contribution in [3.63, 3.8) is 0 Å². The Labute approximate surface area is 189 Å². The minimum absolute atomic E-state index is 0.273. The van der Waals surface area contributed by atoms with Crippen molar-refractivity contribution in [2.24, 2.45) is 0 Å². The van der Waals surface area contributed by atoms with Crippen molar-refractivity contribution in [2.75, 3.05) is 39.5 Å². The largest absolute Gasteiger partial charge is 0.433 e. The number of fused-ring (bicyclic) bond motifs is 1. The number of rotatable bonds is 4. The first-order valence-corrected chi connectivity index (χ1v) is 11.3. The van der Waals surface area contributed by atoms with Gasteiger partial charge >= 0.3 is 0 Å². The van der Waals surface area contributed by atoms with E-state index in [0.29, 0.717) is 17.7 Å². The fourth-order valence-electron chi connectivity index (χ4n) is 4.75. The molecule has 8 heteroatoms. The van der Waals surface area contributed by atoms with Crippen LogP contribution >= 0.6 is 0 Å². The molecular formula is C24H31N7O. The first-order valence-electron chi connectivity index (χ1n) is 11.3. The van der Waals surface area contributed by atoms with Crippen molar-refractivity contribution in [1.82, 2.24) is 29.5 Å². The van der Waals surface area contributed by atoms with E-state index in [-0.39, 0.29) is 5.82 Å². The van der Waals surface area contributed by atoms with Gasteiger partial charge in [-0.3, -0.25) is 4.68 Å². The van der Waals surface area contributed by atoms with Gasteiger partial charge in [-0.05, 0) is 82.2 Å². The molecule has 2 aromatic heterocycles. The number of aromatic nitrogens is 4. The van der Waals surface area contributed by atoms with E-state index < -0.39 is 0 Å². The van der Waals surface area contributed by atoms with E-state index in [2.05, 4.69) is 53.0 Å². The Kier molecular flexibility index (Phi) is 5.57. The van der Waals surface area contributed by atoms with Crippen molar-refractivity contribution in [3.05, 3.63) is 47.4 Å². The number of hydrogen-bond donors (Lipinski definition) is 1. The quantitative estimate of drug-likeness (QED) is 0.676. The summed E-state index contributed by atoms with van der Waals surface area (Å²) >= 11 is 0. The molecule has 0 spiro atoms. The molecule has 1 fully saturated rings. The van der Waals surface area contributed by atoms with E-state index in [1.165, 1.54) is 16.7 Å². The average molecular weight is 434 g/mol. The molecule has 168 valence electrons. The van der Waals surface area contributed by atoms with Crippen molar-refractivity contribution in [3.8, 4) is 22.9 Å². The summed E-state index contributed by atoms with van der Waals surface area (Å²) in [7, 11) is 4.32. The second-order valence-electron chi connectivity index (χ2n) is 9.16. The summed E-state index contributed by atoms with van der Waals surface area (Å²) in [5.74, 6) is 1.22. The molecule has 3 aromatic rings. The first kappa shape index (κ1) is 20.9. The summed E-state index contributed by atoms with van der Waals surface area (Å²) < 4.78 is 8.02. The molecular weight excluding hydrogens is 402 g/mol. The van der Waals surface area contributed by atoms with Gasteiger partial charge < -0.3 is 20.3 Å². The van der Waals surface area contributed by atoms with E-state index in [9.17, 15) is 0 Å². The van der Waals surface area contributed by atoms with Crippen LogP contribution in [-0.2, 0) is 13.0 Å². The number of benzene rings is 1. The van der Waals surface area contributed by atoms with Crippen LogP contribution in [0.1, 0.15) is 35.6 Å². The van der Waals surface area contributed by atoms with Crippen molar-refractivity contribution in [1.29, 1.82) is 0 Å². The number of likely N-dealkylation sites (tertiary alicyclic amines) is 1. The van der Waals surface area contributed by atoms with E-state index >= 15 is 0 Å². The predicted molar refractivity (Wildman–Crippen MR) is 125 cm³/mol. The van der Waals surface area contributed by atoms with Gasteiger partial charge in [-0.1, -0.05) is 0 Å². The third-order valence-corrected chi connectivity index (χ3v) is 6.67. The molecule has 4 heterocycles. The molecule has 2 aliphatic rings. The monoisotopic (exact) mass is 433 g/mol. The highest BCUT2D eigenvalue weighted by atomic mass is 16.5. The van der Waals surface area contributed by atoms with Crippen molar-refractivity contribution < 1.29 is 4.74 Å². The van der Waals surface area contributed by atoms with Gasteiger partial charge in [-0.25, -0.2) is 9.97 Å². The standard InChI is InChI=1S/C24H31N7O/c1-16-10-17(11-18-14-30(3)9-6-21(16)18)22-13-26-23(25)24(28-22)32-20-12-27-31(15-20)19-4-7-29(2)8-5-19/h10-13,15,19H,4-9,14H2,1-3H3,(H2,25,26). The summed E-state index contributed by atoms with van der Waals surface area (Å²) in [6, 6.07) is 4.81. The van der Waals surface area contributed by atoms with Gasteiger partial charge in [0.05, 0.1) is 30.3 Å². The Balaban J connectivity index is 1.38. The summed E-state index contributed by atoms with van der Waals surface area (Å²) in [5.41, 5.74) is 12.0. The number of hydrogen-bond acceptors (Lipinski definition) is 7. The van der Waals surface area contributed by atoms with Gasteiger partial charge in [0, 0.05) is 18.7 Å². The second kappa shape index (κ2) is 8.52. The van der Waals surface area contributed by atoms with Crippen LogP contribution in [0.4, 0.5) is 5.82 Å². The molecule has 8 nitrogen and oxygen atoms in total. The number of anilines is 1. The Morgan fingerprint density at radius 2 is 1.88 bits per heavy atom. The molecule has 2 aliphatic heterocycles. The summed E-state index contributed by atoms with van der Waals surface area (Å²) in [6.45, 7) is 6.38. The predicted octanol–water partition coefficient (Wildman–Crippen LogP) is 3.28. The SMILES string of the molecule is Cc1cc(-c2cnc(N)c(Oc3cnn(C4CCN(C)CC4)c3)n2)cc2c1CCN(C)C2. The number of nitrogens with two attached hydrogens (primary N) is 1.